The van der Waals surface area contributed by atoms with Gasteiger partial charge in [-0.15, -0.1) is 0 Å². The minimum Gasteiger partial charge on any atom is -0.395 e. The molecule has 0 amide bonds. The van der Waals surface area contributed by atoms with E-state index >= 15 is 0 Å². The number of nitrogen functional groups attached to an aromatic ring is 1. The van der Waals surface area contributed by atoms with Gasteiger partial charge in [0.15, 0.2) is 5.16 Å². The molecule has 2 heterocycles. The number of nitrogens with two attached hydrogens (primary N) is 1. The molecule has 0 atom stereocenters. The molecule has 0 spiro atoms. The highest BCUT2D eigenvalue weighted by Gasteiger charge is 2.15. The van der Waals surface area contributed by atoms with Gasteiger partial charge in [-0.1, -0.05) is 13.3 Å². The summed E-state index contributed by atoms with van der Waals surface area (Å²) in [6.07, 6.45) is 3.69. The van der Waals surface area contributed by atoms with Gasteiger partial charge in [-0.05, 0) is 31.2 Å². The van der Waals surface area contributed by atoms with Crippen molar-refractivity contribution in [2.24, 2.45) is 7.05 Å². The lowest BCUT2D eigenvalue weighted by Crippen LogP contribution is -1.96. The van der Waals surface area contributed by atoms with Crippen LogP contribution in [0.15, 0.2) is 22.4 Å². The third kappa shape index (κ3) is 2.64. The fourth-order valence-corrected chi connectivity index (χ4v) is 2.56. The molecular weight excluding hydrogens is 246 g/mol. The summed E-state index contributed by atoms with van der Waals surface area (Å²) in [5.74, 6) is 0. The van der Waals surface area contributed by atoms with E-state index in [0.29, 0.717) is 5.16 Å². The third-order valence-electron chi connectivity index (χ3n) is 2.55. The van der Waals surface area contributed by atoms with Gasteiger partial charge in [0.25, 0.3) is 0 Å². The van der Waals surface area contributed by atoms with Crippen LogP contribution in [-0.2, 0) is 13.5 Å². The molecule has 96 valence electrons. The van der Waals surface area contributed by atoms with E-state index < -0.39 is 0 Å². The molecular formula is C12H17N5S. The van der Waals surface area contributed by atoms with Crippen molar-refractivity contribution in [2.75, 3.05) is 5.73 Å². The molecule has 2 aromatic heterocycles. The topological polar surface area (TPSA) is 69.6 Å². The van der Waals surface area contributed by atoms with Gasteiger partial charge in [0, 0.05) is 18.9 Å². The Hall–Kier alpha value is -1.56. The summed E-state index contributed by atoms with van der Waals surface area (Å²) in [4.78, 5) is 8.59. The molecule has 0 aromatic carbocycles. The van der Waals surface area contributed by atoms with Crippen LogP contribution in [0.1, 0.15) is 24.7 Å². The van der Waals surface area contributed by atoms with Crippen molar-refractivity contribution in [3.63, 3.8) is 0 Å². The van der Waals surface area contributed by atoms with Crippen molar-refractivity contribution in [1.82, 2.24) is 19.7 Å². The van der Waals surface area contributed by atoms with Crippen molar-refractivity contribution in [1.29, 1.82) is 0 Å². The molecule has 0 aliphatic heterocycles. The van der Waals surface area contributed by atoms with Crippen LogP contribution in [0.3, 0.4) is 0 Å². The largest absolute Gasteiger partial charge is 0.395 e. The van der Waals surface area contributed by atoms with E-state index in [1.165, 1.54) is 11.8 Å². The van der Waals surface area contributed by atoms with Gasteiger partial charge in [-0.25, -0.2) is 9.97 Å². The predicted molar refractivity (Wildman–Crippen MR) is 72.5 cm³/mol. The van der Waals surface area contributed by atoms with Crippen LogP contribution in [0, 0.1) is 6.92 Å². The minimum absolute atomic E-state index is 0.702. The van der Waals surface area contributed by atoms with Gasteiger partial charge >= 0.3 is 0 Å². The lowest BCUT2D eigenvalue weighted by Gasteiger charge is -2.02. The van der Waals surface area contributed by atoms with Crippen LogP contribution in [0.2, 0.25) is 0 Å². The quantitative estimate of drug-likeness (QED) is 0.856. The van der Waals surface area contributed by atoms with Gasteiger partial charge < -0.3 is 5.73 Å². The number of aromatic nitrogens is 4. The highest BCUT2D eigenvalue weighted by atomic mass is 32.2. The Kier molecular flexibility index (Phi) is 3.86. The lowest BCUT2D eigenvalue weighted by atomic mass is 10.2. The number of hydrogen-bond donors (Lipinski definition) is 1. The Morgan fingerprint density at radius 3 is 2.89 bits per heavy atom. The average Bonchev–Trinajstić information content (AvgIpc) is 2.58. The van der Waals surface area contributed by atoms with Gasteiger partial charge in [-0.2, -0.15) is 5.10 Å². The second-order valence-corrected chi connectivity index (χ2v) is 5.08. The lowest BCUT2D eigenvalue weighted by molar-refractivity contribution is 0.680. The summed E-state index contributed by atoms with van der Waals surface area (Å²) in [5.41, 5.74) is 8.76. The number of nitrogens with zero attached hydrogens (tertiary/aromatic N) is 4. The van der Waals surface area contributed by atoms with Crippen LogP contribution in [0.4, 0.5) is 5.69 Å². The van der Waals surface area contributed by atoms with Crippen molar-refractivity contribution in [3.05, 3.63) is 23.7 Å². The smallest absolute Gasteiger partial charge is 0.194 e. The summed E-state index contributed by atoms with van der Waals surface area (Å²) in [7, 11) is 1.90. The first-order valence-corrected chi connectivity index (χ1v) is 6.72. The van der Waals surface area contributed by atoms with Crippen molar-refractivity contribution < 1.29 is 0 Å². The molecule has 0 aliphatic rings. The van der Waals surface area contributed by atoms with Gasteiger partial charge in [0.05, 0.1) is 11.4 Å². The maximum absolute atomic E-state index is 6.12. The summed E-state index contributed by atoms with van der Waals surface area (Å²) >= 11 is 1.45. The standard InChI is InChI=1S/C12H17N5S/c1-4-5-9-10(13)11(17(3)16-9)18-12-14-7-6-8(2)15-12/h6-7H,4-5,13H2,1-3H3. The Morgan fingerprint density at radius 2 is 2.22 bits per heavy atom. The van der Waals surface area contributed by atoms with Crippen LogP contribution < -0.4 is 5.73 Å². The second-order valence-electron chi connectivity index (χ2n) is 4.12. The van der Waals surface area contributed by atoms with Crippen molar-refractivity contribution in [2.45, 2.75) is 36.9 Å². The third-order valence-corrected chi connectivity index (χ3v) is 3.61. The molecule has 0 aliphatic carbocycles. The molecule has 18 heavy (non-hydrogen) atoms. The highest BCUT2D eigenvalue weighted by molar-refractivity contribution is 7.99. The van der Waals surface area contributed by atoms with Crippen molar-refractivity contribution in [3.8, 4) is 0 Å². The first-order valence-electron chi connectivity index (χ1n) is 5.90. The van der Waals surface area contributed by atoms with Gasteiger partial charge in [0.2, 0.25) is 0 Å². The molecule has 0 unspecified atom stereocenters. The molecule has 2 rings (SSSR count). The van der Waals surface area contributed by atoms with E-state index in [2.05, 4.69) is 22.0 Å². The molecule has 0 saturated heterocycles. The summed E-state index contributed by atoms with van der Waals surface area (Å²) in [6.45, 7) is 4.06. The minimum atomic E-state index is 0.702. The number of aryl methyl sites for hydroxylation is 3. The maximum Gasteiger partial charge on any atom is 0.194 e. The van der Waals surface area contributed by atoms with E-state index in [0.717, 1.165) is 34.9 Å². The van der Waals surface area contributed by atoms with E-state index in [9.17, 15) is 0 Å². The van der Waals surface area contributed by atoms with Gasteiger partial charge in [-0.3, -0.25) is 4.68 Å². The second kappa shape index (κ2) is 5.39. The molecule has 0 saturated carbocycles. The Morgan fingerprint density at radius 1 is 1.44 bits per heavy atom. The van der Waals surface area contributed by atoms with Crippen LogP contribution in [0.25, 0.3) is 0 Å². The van der Waals surface area contributed by atoms with E-state index in [4.69, 9.17) is 5.73 Å². The molecule has 2 N–H and O–H groups in total. The SMILES string of the molecule is CCCc1nn(C)c(Sc2nccc(C)n2)c1N. The normalized spacial score (nSPS) is 10.8. The molecule has 6 heteroatoms. The summed E-state index contributed by atoms with van der Waals surface area (Å²) in [6, 6.07) is 1.87. The highest BCUT2D eigenvalue weighted by Crippen LogP contribution is 2.31. The van der Waals surface area contributed by atoms with Crippen LogP contribution >= 0.6 is 11.8 Å². The zero-order chi connectivity index (χ0) is 13.1. The van der Waals surface area contributed by atoms with Crippen LogP contribution in [0.5, 0.6) is 0 Å². The number of anilines is 1. The molecule has 5 nitrogen and oxygen atoms in total. The monoisotopic (exact) mass is 263 g/mol. The molecule has 0 bridgehead atoms. The van der Waals surface area contributed by atoms with E-state index in [-0.39, 0.29) is 0 Å². The van der Waals surface area contributed by atoms with E-state index in [1.54, 1.807) is 10.9 Å². The summed E-state index contributed by atoms with van der Waals surface area (Å²) in [5, 5.41) is 6.04. The van der Waals surface area contributed by atoms with Crippen LogP contribution in [-0.4, -0.2) is 19.7 Å². The predicted octanol–water partition coefficient (Wildman–Crippen LogP) is 2.20. The fourth-order valence-electron chi connectivity index (χ4n) is 1.68. The number of hydrogen-bond acceptors (Lipinski definition) is 5. The average molecular weight is 263 g/mol. The zero-order valence-corrected chi connectivity index (χ0v) is 11.7. The molecule has 2 aromatic rings. The number of rotatable bonds is 4. The first-order chi connectivity index (χ1) is 8.61. The molecule has 0 fully saturated rings. The Labute approximate surface area is 111 Å². The van der Waals surface area contributed by atoms with Crippen molar-refractivity contribution >= 4 is 17.4 Å². The van der Waals surface area contributed by atoms with E-state index in [1.807, 2.05) is 20.0 Å². The zero-order valence-electron chi connectivity index (χ0n) is 10.8. The Balaban J connectivity index is 2.29. The maximum atomic E-state index is 6.12. The first kappa shape index (κ1) is 12.9. The summed E-state index contributed by atoms with van der Waals surface area (Å²) < 4.78 is 1.80. The fraction of sp³-hybridized carbons (Fsp3) is 0.417. The Bertz CT molecular complexity index is 549. The molecule has 0 radical (unpaired) electrons. The van der Waals surface area contributed by atoms with Gasteiger partial charge in [0.1, 0.15) is 5.03 Å².